The molecule has 1 heterocycles. The summed E-state index contributed by atoms with van der Waals surface area (Å²) in [6.45, 7) is 0.446. The van der Waals surface area contributed by atoms with Crippen LogP contribution in [0.4, 0.5) is 0 Å². The highest BCUT2D eigenvalue weighted by Crippen LogP contribution is 2.26. The summed E-state index contributed by atoms with van der Waals surface area (Å²) in [4.78, 5) is 17.5. The lowest BCUT2D eigenvalue weighted by Crippen LogP contribution is -2.40. The lowest BCUT2D eigenvalue weighted by Gasteiger charge is -2.29. The standard InChI is InChI=1S/C21H23ClN2O6S/c1-28-18-6-3-16(20(13-18)29-2)14-23-30-21(25)15-9-11-24(12-10-15)31(26,27)19-7-4-17(22)5-8-19/h3-8,13-15H,9-12H2,1-2H3. The molecule has 0 bridgehead atoms. The molecule has 0 aliphatic carbocycles. The number of benzene rings is 2. The molecule has 1 aliphatic rings. The van der Waals surface area contributed by atoms with Crippen LogP contribution in [0.3, 0.4) is 0 Å². The van der Waals surface area contributed by atoms with Crippen LogP contribution in [-0.2, 0) is 19.7 Å². The van der Waals surface area contributed by atoms with Crippen molar-refractivity contribution in [1.82, 2.24) is 4.31 Å². The van der Waals surface area contributed by atoms with Gasteiger partial charge in [0, 0.05) is 29.7 Å². The van der Waals surface area contributed by atoms with Gasteiger partial charge in [-0.25, -0.2) is 13.2 Å². The Hall–Kier alpha value is -2.62. The monoisotopic (exact) mass is 466 g/mol. The number of ether oxygens (including phenoxy) is 2. The molecule has 166 valence electrons. The van der Waals surface area contributed by atoms with E-state index < -0.39 is 21.9 Å². The van der Waals surface area contributed by atoms with E-state index in [4.69, 9.17) is 25.9 Å². The number of hydrogen-bond acceptors (Lipinski definition) is 7. The summed E-state index contributed by atoms with van der Waals surface area (Å²) in [7, 11) is -0.556. The summed E-state index contributed by atoms with van der Waals surface area (Å²) in [5, 5.41) is 4.23. The van der Waals surface area contributed by atoms with Gasteiger partial charge in [-0.2, -0.15) is 4.31 Å². The Bertz CT molecular complexity index is 1050. The minimum absolute atomic E-state index is 0.177. The van der Waals surface area contributed by atoms with E-state index in [9.17, 15) is 13.2 Å². The normalized spacial score (nSPS) is 15.7. The van der Waals surface area contributed by atoms with Gasteiger partial charge in [-0.15, -0.1) is 0 Å². The predicted molar refractivity (Wildman–Crippen MR) is 116 cm³/mol. The molecule has 3 rings (SSSR count). The van der Waals surface area contributed by atoms with Crippen molar-refractivity contribution in [3.05, 3.63) is 53.1 Å². The number of halogens is 1. The molecule has 31 heavy (non-hydrogen) atoms. The van der Waals surface area contributed by atoms with Gasteiger partial charge in [0.05, 0.1) is 31.2 Å². The highest BCUT2D eigenvalue weighted by molar-refractivity contribution is 7.89. The Kier molecular flexibility index (Phi) is 7.53. The van der Waals surface area contributed by atoms with Crippen LogP contribution in [0.25, 0.3) is 0 Å². The molecule has 1 saturated heterocycles. The maximum atomic E-state index is 12.7. The summed E-state index contributed by atoms with van der Waals surface area (Å²) in [5.41, 5.74) is 0.625. The van der Waals surface area contributed by atoms with Crippen LogP contribution in [0.1, 0.15) is 18.4 Å². The lowest BCUT2D eigenvalue weighted by molar-refractivity contribution is -0.149. The van der Waals surface area contributed by atoms with Crippen molar-refractivity contribution in [3.63, 3.8) is 0 Å². The molecule has 0 spiro atoms. The second-order valence-electron chi connectivity index (χ2n) is 6.88. The van der Waals surface area contributed by atoms with Gasteiger partial charge >= 0.3 is 5.97 Å². The molecule has 2 aromatic carbocycles. The maximum Gasteiger partial charge on any atom is 0.338 e. The van der Waals surface area contributed by atoms with Crippen molar-refractivity contribution >= 4 is 33.8 Å². The van der Waals surface area contributed by atoms with Gasteiger partial charge in [0.15, 0.2) is 0 Å². The van der Waals surface area contributed by atoms with E-state index in [1.165, 1.54) is 41.9 Å². The van der Waals surface area contributed by atoms with Crippen molar-refractivity contribution in [3.8, 4) is 11.5 Å². The van der Waals surface area contributed by atoms with E-state index >= 15 is 0 Å². The van der Waals surface area contributed by atoms with Gasteiger partial charge in [-0.3, -0.25) is 0 Å². The minimum atomic E-state index is -3.63. The Labute approximate surface area is 186 Å². The highest BCUT2D eigenvalue weighted by atomic mass is 35.5. The van der Waals surface area contributed by atoms with Crippen molar-refractivity contribution in [2.24, 2.45) is 11.1 Å². The zero-order chi connectivity index (χ0) is 22.4. The van der Waals surface area contributed by atoms with Crippen LogP contribution in [-0.4, -0.2) is 52.2 Å². The zero-order valence-corrected chi connectivity index (χ0v) is 18.7. The maximum absolute atomic E-state index is 12.7. The molecule has 0 amide bonds. The third-order valence-corrected chi connectivity index (χ3v) is 7.18. The fourth-order valence-corrected chi connectivity index (χ4v) is 4.82. The van der Waals surface area contributed by atoms with Gasteiger partial charge in [-0.1, -0.05) is 16.8 Å². The van der Waals surface area contributed by atoms with Crippen LogP contribution in [0, 0.1) is 5.92 Å². The van der Waals surface area contributed by atoms with Crippen molar-refractivity contribution in [2.75, 3.05) is 27.3 Å². The number of nitrogens with zero attached hydrogens (tertiary/aromatic N) is 2. The van der Waals surface area contributed by atoms with Crippen molar-refractivity contribution in [1.29, 1.82) is 0 Å². The third-order valence-electron chi connectivity index (χ3n) is 5.01. The number of hydrogen-bond donors (Lipinski definition) is 0. The number of rotatable bonds is 7. The molecule has 0 unspecified atom stereocenters. The number of methoxy groups -OCH3 is 2. The van der Waals surface area contributed by atoms with Gasteiger partial charge in [-0.05, 0) is 49.2 Å². The van der Waals surface area contributed by atoms with E-state index in [0.29, 0.717) is 34.9 Å². The predicted octanol–water partition coefficient (Wildman–Crippen LogP) is 3.34. The average Bonchev–Trinajstić information content (AvgIpc) is 2.79. The fraction of sp³-hybridized carbons (Fsp3) is 0.333. The SMILES string of the molecule is COc1ccc(C=NOC(=O)C2CCN(S(=O)(=O)c3ccc(Cl)cc3)CC2)c(OC)c1. The Morgan fingerprint density at radius 3 is 2.39 bits per heavy atom. The first-order valence-corrected chi connectivity index (χ1v) is 11.4. The number of oxime groups is 1. The summed E-state index contributed by atoms with van der Waals surface area (Å²) in [6, 6.07) is 11.2. The third kappa shape index (κ3) is 5.55. The van der Waals surface area contributed by atoms with Gasteiger partial charge in [0.25, 0.3) is 0 Å². The number of carbonyl (C=O) groups is 1. The largest absolute Gasteiger partial charge is 0.497 e. The first-order chi connectivity index (χ1) is 14.8. The topological polar surface area (TPSA) is 94.5 Å². The molecular formula is C21H23ClN2O6S. The lowest BCUT2D eigenvalue weighted by atomic mass is 9.99. The summed E-state index contributed by atoms with van der Waals surface area (Å²) >= 11 is 5.83. The molecular weight excluding hydrogens is 444 g/mol. The van der Waals surface area contributed by atoms with Gasteiger partial charge < -0.3 is 14.3 Å². The van der Waals surface area contributed by atoms with Crippen LogP contribution < -0.4 is 9.47 Å². The number of carbonyl (C=O) groups excluding carboxylic acids is 1. The Balaban J connectivity index is 1.56. The second-order valence-corrected chi connectivity index (χ2v) is 9.26. The van der Waals surface area contributed by atoms with Crippen molar-refractivity contribution < 1.29 is 27.5 Å². The second kappa shape index (κ2) is 10.1. The molecule has 0 N–H and O–H groups in total. The molecule has 2 aromatic rings. The van der Waals surface area contributed by atoms with E-state index in [0.717, 1.165) is 0 Å². The number of sulfonamides is 1. The molecule has 8 nitrogen and oxygen atoms in total. The summed E-state index contributed by atoms with van der Waals surface area (Å²) in [5.74, 6) is 0.241. The number of piperidine rings is 1. The van der Waals surface area contributed by atoms with Gasteiger partial charge in [0.1, 0.15) is 11.5 Å². The van der Waals surface area contributed by atoms with E-state index in [2.05, 4.69) is 5.16 Å². The molecule has 0 aromatic heterocycles. The highest BCUT2D eigenvalue weighted by Gasteiger charge is 2.33. The van der Waals surface area contributed by atoms with E-state index in [1.807, 2.05) is 0 Å². The van der Waals surface area contributed by atoms with E-state index in [1.54, 1.807) is 25.3 Å². The fourth-order valence-electron chi connectivity index (χ4n) is 3.22. The van der Waals surface area contributed by atoms with Crippen LogP contribution in [0.15, 0.2) is 52.5 Å². The zero-order valence-electron chi connectivity index (χ0n) is 17.2. The molecule has 0 saturated carbocycles. The van der Waals surface area contributed by atoms with Crippen LogP contribution in [0.5, 0.6) is 11.5 Å². The Morgan fingerprint density at radius 1 is 1.10 bits per heavy atom. The molecule has 0 radical (unpaired) electrons. The molecule has 1 fully saturated rings. The van der Waals surface area contributed by atoms with E-state index in [-0.39, 0.29) is 18.0 Å². The molecule has 1 aliphatic heterocycles. The smallest absolute Gasteiger partial charge is 0.338 e. The van der Waals surface area contributed by atoms with Crippen LogP contribution >= 0.6 is 11.6 Å². The summed E-state index contributed by atoms with van der Waals surface area (Å²) in [6.07, 6.45) is 2.09. The first kappa shape index (κ1) is 23.1. The average molecular weight is 467 g/mol. The minimum Gasteiger partial charge on any atom is -0.497 e. The van der Waals surface area contributed by atoms with Crippen molar-refractivity contribution in [2.45, 2.75) is 17.7 Å². The quantitative estimate of drug-likeness (QED) is 0.353. The Morgan fingerprint density at radius 2 is 1.77 bits per heavy atom. The van der Waals surface area contributed by atoms with Crippen LogP contribution in [0.2, 0.25) is 5.02 Å². The van der Waals surface area contributed by atoms with Gasteiger partial charge in [0.2, 0.25) is 10.0 Å². The first-order valence-electron chi connectivity index (χ1n) is 9.57. The summed E-state index contributed by atoms with van der Waals surface area (Å²) < 4.78 is 37.2. The molecule has 10 heteroatoms. The molecule has 0 atom stereocenters.